The van der Waals surface area contributed by atoms with Crippen molar-refractivity contribution >= 4 is 15.9 Å². The summed E-state index contributed by atoms with van der Waals surface area (Å²) in [4.78, 5) is 2.13. The first-order valence-electron chi connectivity index (χ1n) is 5.66. The Bertz CT molecular complexity index is 412. The average molecular weight is 305 g/mol. The lowest BCUT2D eigenvalue weighted by molar-refractivity contribution is 0.197. The maximum atomic E-state index is 13.7. The normalized spacial score (nSPS) is 21.8. The van der Waals surface area contributed by atoms with Crippen molar-refractivity contribution in [1.82, 2.24) is 10.2 Å². The van der Waals surface area contributed by atoms with Crippen LogP contribution in [0.2, 0.25) is 0 Å². The predicted octanol–water partition coefficient (Wildman–Crippen LogP) is 2.52. The summed E-state index contributed by atoms with van der Waals surface area (Å²) in [5, 5.41) is 3.32. The average Bonchev–Trinajstić information content (AvgIpc) is 2.30. The molecule has 0 bridgehead atoms. The smallest absolute Gasteiger partial charge is 0.173 e. The predicted molar refractivity (Wildman–Crippen MR) is 66.8 cm³/mol. The molecule has 0 aliphatic carbocycles. The monoisotopic (exact) mass is 304 g/mol. The first-order valence-corrected chi connectivity index (χ1v) is 6.45. The third kappa shape index (κ3) is 3.03. The molecule has 1 aromatic carbocycles. The molecule has 5 heteroatoms. The second-order valence-electron chi connectivity index (χ2n) is 4.42. The molecule has 1 saturated heterocycles. The van der Waals surface area contributed by atoms with Crippen LogP contribution in [0.1, 0.15) is 12.5 Å². The van der Waals surface area contributed by atoms with Gasteiger partial charge in [0.15, 0.2) is 11.6 Å². The van der Waals surface area contributed by atoms with E-state index < -0.39 is 11.6 Å². The Morgan fingerprint density at radius 2 is 2.18 bits per heavy atom. The molecule has 1 atom stereocenters. The summed E-state index contributed by atoms with van der Waals surface area (Å²) in [6.45, 7) is 5.16. The van der Waals surface area contributed by atoms with Gasteiger partial charge in [0.05, 0.1) is 4.47 Å². The van der Waals surface area contributed by atoms with Gasteiger partial charge in [-0.25, -0.2) is 8.78 Å². The summed E-state index contributed by atoms with van der Waals surface area (Å²) in [5.74, 6) is -1.55. The highest BCUT2D eigenvalue weighted by Crippen LogP contribution is 2.22. The van der Waals surface area contributed by atoms with E-state index in [1.165, 1.54) is 0 Å². The molecule has 1 unspecified atom stereocenters. The van der Waals surface area contributed by atoms with E-state index in [2.05, 4.69) is 33.1 Å². The minimum absolute atomic E-state index is 0.174. The molecule has 0 spiro atoms. The zero-order chi connectivity index (χ0) is 12.4. The zero-order valence-corrected chi connectivity index (χ0v) is 11.2. The Hall–Kier alpha value is -0.520. The van der Waals surface area contributed by atoms with E-state index >= 15 is 0 Å². The lowest BCUT2D eigenvalue weighted by Gasteiger charge is -2.31. The van der Waals surface area contributed by atoms with E-state index in [4.69, 9.17) is 0 Å². The van der Waals surface area contributed by atoms with E-state index in [0.29, 0.717) is 18.2 Å². The summed E-state index contributed by atoms with van der Waals surface area (Å²) < 4.78 is 27.2. The van der Waals surface area contributed by atoms with Gasteiger partial charge in [0, 0.05) is 37.8 Å². The van der Waals surface area contributed by atoms with Crippen LogP contribution in [0, 0.1) is 11.6 Å². The van der Waals surface area contributed by atoms with E-state index in [9.17, 15) is 8.78 Å². The van der Waals surface area contributed by atoms with Crippen LogP contribution < -0.4 is 5.32 Å². The quantitative estimate of drug-likeness (QED) is 0.845. The van der Waals surface area contributed by atoms with Crippen molar-refractivity contribution in [2.75, 3.05) is 19.6 Å². The van der Waals surface area contributed by atoms with Crippen molar-refractivity contribution in [2.24, 2.45) is 0 Å². The molecule has 0 radical (unpaired) electrons. The number of nitrogens with one attached hydrogen (secondary N) is 1. The van der Waals surface area contributed by atoms with Crippen molar-refractivity contribution in [1.29, 1.82) is 0 Å². The molecular weight excluding hydrogens is 290 g/mol. The van der Waals surface area contributed by atoms with E-state index in [1.54, 1.807) is 12.1 Å². The van der Waals surface area contributed by atoms with Crippen LogP contribution in [0.25, 0.3) is 0 Å². The van der Waals surface area contributed by atoms with Crippen molar-refractivity contribution < 1.29 is 8.78 Å². The minimum atomic E-state index is -0.800. The van der Waals surface area contributed by atoms with Gasteiger partial charge in [-0.05, 0) is 28.9 Å². The molecule has 0 aromatic heterocycles. The lowest BCUT2D eigenvalue weighted by Crippen LogP contribution is -2.48. The van der Waals surface area contributed by atoms with E-state index in [1.807, 2.05) is 0 Å². The molecule has 0 saturated carbocycles. The summed E-state index contributed by atoms with van der Waals surface area (Å²) in [7, 11) is 0. The van der Waals surface area contributed by atoms with Gasteiger partial charge in [0.25, 0.3) is 0 Å². The topological polar surface area (TPSA) is 15.3 Å². The van der Waals surface area contributed by atoms with Crippen LogP contribution >= 0.6 is 15.9 Å². The molecule has 1 N–H and O–H groups in total. The van der Waals surface area contributed by atoms with Crippen LogP contribution in [-0.4, -0.2) is 30.6 Å². The number of hydrogen-bond acceptors (Lipinski definition) is 2. The largest absolute Gasteiger partial charge is 0.312 e. The molecule has 2 rings (SSSR count). The number of piperazine rings is 1. The fraction of sp³-hybridized carbons (Fsp3) is 0.500. The molecule has 1 aromatic rings. The Balaban J connectivity index is 2.10. The number of halogens is 3. The number of rotatable bonds is 2. The molecule has 1 heterocycles. The van der Waals surface area contributed by atoms with Crippen LogP contribution in [-0.2, 0) is 6.54 Å². The van der Waals surface area contributed by atoms with Gasteiger partial charge in [-0.1, -0.05) is 6.07 Å². The third-order valence-corrected chi connectivity index (χ3v) is 3.57. The minimum Gasteiger partial charge on any atom is -0.312 e. The zero-order valence-electron chi connectivity index (χ0n) is 9.64. The maximum Gasteiger partial charge on any atom is 0.173 e. The SMILES string of the molecule is CC1CN(Cc2ccc(Br)c(F)c2F)CCN1. The molecule has 1 fully saturated rings. The highest BCUT2D eigenvalue weighted by atomic mass is 79.9. The highest BCUT2D eigenvalue weighted by molar-refractivity contribution is 9.10. The van der Waals surface area contributed by atoms with Crippen molar-refractivity contribution in [2.45, 2.75) is 19.5 Å². The van der Waals surface area contributed by atoms with Crippen molar-refractivity contribution in [3.63, 3.8) is 0 Å². The number of nitrogens with zero attached hydrogens (tertiary/aromatic N) is 1. The number of hydrogen-bond donors (Lipinski definition) is 1. The second kappa shape index (κ2) is 5.42. The van der Waals surface area contributed by atoms with Gasteiger partial charge < -0.3 is 5.32 Å². The Kier molecular flexibility index (Phi) is 4.12. The first-order chi connectivity index (χ1) is 8.08. The summed E-state index contributed by atoms with van der Waals surface area (Å²) >= 11 is 2.98. The Morgan fingerprint density at radius 3 is 2.88 bits per heavy atom. The standard InChI is InChI=1S/C12H15BrF2N2/c1-8-6-17(5-4-16-8)7-9-2-3-10(13)12(15)11(9)14/h2-3,8,16H,4-7H2,1H3. The van der Waals surface area contributed by atoms with Gasteiger partial charge in [-0.3, -0.25) is 4.90 Å². The highest BCUT2D eigenvalue weighted by Gasteiger charge is 2.18. The van der Waals surface area contributed by atoms with Crippen LogP contribution in [0.3, 0.4) is 0 Å². The lowest BCUT2D eigenvalue weighted by atomic mass is 10.1. The number of benzene rings is 1. The van der Waals surface area contributed by atoms with Gasteiger partial charge in [-0.15, -0.1) is 0 Å². The Morgan fingerprint density at radius 1 is 1.41 bits per heavy atom. The fourth-order valence-corrected chi connectivity index (χ4v) is 2.39. The van der Waals surface area contributed by atoms with E-state index in [0.717, 1.165) is 19.6 Å². The Labute approximate surface area is 108 Å². The van der Waals surface area contributed by atoms with Crippen molar-refractivity contribution in [3.05, 3.63) is 33.8 Å². The fourth-order valence-electron chi connectivity index (χ4n) is 2.08. The molecule has 1 aliphatic heterocycles. The first kappa shape index (κ1) is 12.9. The molecule has 94 valence electrons. The van der Waals surface area contributed by atoms with Gasteiger partial charge in [0.2, 0.25) is 0 Å². The van der Waals surface area contributed by atoms with Crippen LogP contribution in [0.5, 0.6) is 0 Å². The maximum absolute atomic E-state index is 13.7. The van der Waals surface area contributed by atoms with Crippen molar-refractivity contribution in [3.8, 4) is 0 Å². The summed E-state index contributed by atoms with van der Waals surface area (Å²) in [6, 6.07) is 3.58. The van der Waals surface area contributed by atoms with Gasteiger partial charge in [-0.2, -0.15) is 0 Å². The third-order valence-electron chi connectivity index (χ3n) is 2.96. The molecule has 0 amide bonds. The van der Waals surface area contributed by atoms with E-state index in [-0.39, 0.29) is 4.47 Å². The second-order valence-corrected chi connectivity index (χ2v) is 5.28. The summed E-state index contributed by atoms with van der Waals surface area (Å²) in [5.41, 5.74) is 0.416. The molecular formula is C12H15BrF2N2. The van der Waals surface area contributed by atoms with Crippen LogP contribution in [0.4, 0.5) is 8.78 Å². The van der Waals surface area contributed by atoms with Crippen LogP contribution in [0.15, 0.2) is 16.6 Å². The summed E-state index contributed by atoms with van der Waals surface area (Å²) in [6.07, 6.45) is 0. The molecule has 1 aliphatic rings. The van der Waals surface area contributed by atoms with Gasteiger partial charge in [0.1, 0.15) is 0 Å². The molecule has 17 heavy (non-hydrogen) atoms. The molecule has 2 nitrogen and oxygen atoms in total. The van der Waals surface area contributed by atoms with Gasteiger partial charge >= 0.3 is 0 Å².